The van der Waals surface area contributed by atoms with E-state index in [0.717, 1.165) is 25.0 Å². The molecule has 2 N–H and O–H groups in total. The number of rotatable bonds is 6. The van der Waals surface area contributed by atoms with Crippen molar-refractivity contribution in [2.45, 2.75) is 31.3 Å². The Morgan fingerprint density at radius 1 is 1.06 bits per heavy atom. The molecule has 1 unspecified atom stereocenters. The summed E-state index contributed by atoms with van der Waals surface area (Å²) in [6, 6.07) is 10.8. The molecule has 7 nitrogen and oxygen atoms in total. The first kappa shape index (κ1) is 20.7. The highest BCUT2D eigenvalue weighted by Crippen LogP contribution is 2.41. The van der Waals surface area contributed by atoms with E-state index >= 15 is 0 Å². The Balaban J connectivity index is 1.36. The third kappa shape index (κ3) is 4.62. The van der Waals surface area contributed by atoms with Crippen LogP contribution in [0.1, 0.15) is 34.8 Å². The number of hydrogen-bond acceptors (Lipinski definition) is 4. The van der Waals surface area contributed by atoms with Crippen LogP contribution >= 0.6 is 0 Å². The molecule has 0 radical (unpaired) electrons. The highest BCUT2D eigenvalue weighted by atomic mass is 19.4. The highest BCUT2D eigenvalue weighted by molar-refractivity contribution is 6.05. The first-order valence-corrected chi connectivity index (χ1v) is 9.58. The number of halogens is 3. The molecule has 31 heavy (non-hydrogen) atoms. The summed E-state index contributed by atoms with van der Waals surface area (Å²) in [4.78, 5) is 39.2. The molecule has 1 aliphatic carbocycles. The predicted octanol–water partition coefficient (Wildman–Crippen LogP) is 3.00. The molecule has 0 aromatic heterocycles. The number of alkyl halides is 3. The van der Waals surface area contributed by atoms with Gasteiger partial charge in [-0.15, -0.1) is 13.2 Å². The van der Waals surface area contributed by atoms with Crippen LogP contribution < -0.4 is 15.4 Å². The first-order chi connectivity index (χ1) is 14.7. The lowest BCUT2D eigenvalue weighted by Crippen LogP contribution is -2.42. The van der Waals surface area contributed by atoms with Crippen LogP contribution in [0.5, 0.6) is 5.75 Å². The van der Waals surface area contributed by atoms with Gasteiger partial charge in [0, 0.05) is 17.3 Å². The van der Waals surface area contributed by atoms with Gasteiger partial charge < -0.3 is 20.3 Å². The summed E-state index contributed by atoms with van der Waals surface area (Å²) in [6.45, 7) is -0.356. The largest absolute Gasteiger partial charge is 0.573 e. The van der Waals surface area contributed by atoms with Crippen molar-refractivity contribution in [3.8, 4) is 5.75 Å². The SMILES string of the molecule is O=C(CNC(=O)C1c2ccccc2C(=O)N1C1CC1)Nc1ccc(OC(F)(F)F)cc1. The van der Waals surface area contributed by atoms with Crippen molar-refractivity contribution in [2.75, 3.05) is 11.9 Å². The molecule has 0 saturated heterocycles. The van der Waals surface area contributed by atoms with E-state index in [-0.39, 0.29) is 24.2 Å². The van der Waals surface area contributed by atoms with Crippen LogP contribution in [-0.4, -0.2) is 41.6 Å². The van der Waals surface area contributed by atoms with E-state index in [1.54, 1.807) is 29.2 Å². The Morgan fingerprint density at radius 2 is 1.74 bits per heavy atom. The highest BCUT2D eigenvalue weighted by Gasteiger charge is 2.47. The fraction of sp³-hybridized carbons (Fsp3) is 0.286. The maximum atomic E-state index is 12.8. The van der Waals surface area contributed by atoms with Crippen LogP contribution in [0.25, 0.3) is 0 Å². The van der Waals surface area contributed by atoms with Crippen molar-refractivity contribution in [2.24, 2.45) is 0 Å². The molecule has 2 aromatic rings. The Hall–Kier alpha value is -3.56. The molecular formula is C21H18F3N3O4. The molecule has 1 saturated carbocycles. The van der Waals surface area contributed by atoms with Gasteiger partial charge in [0.2, 0.25) is 11.8 Å². The maximum Gasteiger partial charge on any atom is 0.573 e. The van der Waals surface area contributed by atoms with Crippen LogP contribution in [0.3, 0.4) is 0 Å². The third-order valence-electron chi connectivity index (χ3n) is 4.98. The van der Waals surface area contributed by atoms with Crippen molar-refractivity contribution in [3.05, 3.63) is 59.7 Å². The summed E-state index contributed by atoms with van der Waals surface area (Å²) in [5.74, 6) is -1.63. The number of benzene rings is 2. The van der Waals surface area contributed by atoms with Gasteiger partial charge in [0.25, 0.3) is 5.91 Å². The Labute approximate surface area is 175 Å². The number of nitrogens with zero attached hydrogens (tertiary/aromatic N) is 1. The zero-order chi connectivity index (χ0) is 22.2. The number of anilines is 1. The minimum absolute atomic E-state index is 0.0157. The van der Waals surface area contributed by atoms with Crippen molar-refractivity contribution in [1.29, 1.82) is 0 Å². The Morgan fingerprint density at radius 3 is 2.39 bits per heavy atom. The van der Waals surface area contributed by atoms with Crippen LogP contribution in [0.15, 0.2) is 48.5 Å². The van der Waals surface area contributed by atoms with E-state index in [4.69, 9.17) is 0 Å². The van der Waals surface area contributed by atoms with Crippen molar-refractivity contribution in [3.63, 3.8) is 0 Å². The number of ether oxygens (including phenoxy) is 1. The zero-order valence-electron chi connectivity index (χ0n) is 16.1. The number of fused-ring (bicyclic) bond motifs is 1. The van der Waals surface area contributed by atoms with Gasteiger partial charge in [-0.25, -0.2) is 0 Å². The van der Waals surface area contributed by atoms with E-state index in [2.05, 4.69) is 15.4 Å². The van der Waals surface area contributed by atoms with E-state index in [0.29, 0.717) is 11.1 Å². The van der Waals surface area contributed by atoms with Gasteiger partial charge in [0.1, 0.15) is 11.8 Å². The van der Waals surface area contributed by atoms with Crippen molar-refractivity contribution >= 4 is 23.4 Å². The monoisotopic (exact) mass is 433 g/mol. The minimum atomic E-state index is -4.80. The summed E-state index contributed by atoms with van der Waals surface area (Å²) in [5.41, 5.74) is 1.34. The van der Waals surface area contributed by atoms with Gasteiger partial charge in [-0.1, -0.05) is 18.2 Å². The second kappa shape index (κ2) is 7.93. The summed E-state index contributed by atoms with van der Waals surface area (Å²) >= 11 is 0. The standard InChI is InChI=1S/C21H18F3N3O4/c22-21(23,24)31-14-9-5-12(6-10-14)26-17(28)11-25-19(29)18-15-3-1-2-4-16(15)20(30)27(18)13-7-8-13/h1-6,9-10,13,18H,7-8,11H2,(H,25,29)(H,26,28). The molecule has 162 valence electrons. The molecule has 1 aliphatic heterocycles. The fourth-order valence-corrected chi connectivity index (χ4v) is 3.54. The van der Waals surface area contributed by atoms with Crippen LogP contribution in [-0.2, 0) is 9.59 Å². The summed E-state index contributed by atoms with van der Waals surface area (Å²) < 4.78 is 40.4. The molecular weight excluding hydrogens is 415 g/mol. The van der Waals surface area contributed by atoms with Gasteiger partial charge >= 0.3 is 6.36 Å². The van der Waals surface area contributed by atoms with Crippen molar-refractivity contribution in [1.82, 2.24) is 10.2 Å². The third-order valence-corrected chi connectivity index (χ3v) is 4.98. The van der Waals surface area contributed by atoms with Gasteiger partial charge in [-0.2, -0.15) is 0 Å². The summed E-state index contributed by atoms with van der Waals surface area (Å²) in [6.07, 6.45) is -3.14. The molecule has 1 heterocycles. The molecule has 1 fully saturated rings. The van der Waals surface area contributed by atoms with Gasteiger partial charge in [0.15, 0.2) is 0 Å². The number of hydrogen-bond donors (Lipinski definition) is 2. The van der Waals surface area contributed by atoms with Crippen LogP contribution in [0.2, 0.25) is 0 Å². The molecule has 4 rings (SSSR count). The second-order valence-electron chi connectivity index (χ2n) is 7.27. The quantitative estimate of drug-likeness (QED) is 0.733. The minimum Gasteiger partial charge on any atom is -0.406 e. The first-order valence-electron chi connectivity index (χ1n) is 9.58. The van der Waals surface area contributed by atoms with E-state index < -0.39 is 30.0 Å². The lowest BCUT2D eigenvalue weighted by Gasteiger charge is -2.24. The molecule has 1 atom stereocenters. The summed E-state index contributed by atoms with van der Waals surface area (Å²) in [5, 5.41) is 5.02. The second-order valence-corrected chi connectivity index (χ2v) is 7.27. The lowest BCUT2D eigenvalue weighted by atomic mass is 10.0. The Kier molecular flexibility index (Phi) is 5.30. The fourth-order valence-electron chi connectivity index (χ4n) is 3.54. The number of carbonyl (C=O) groups is 3. The smallest absolute Gasteiger partial charge is 0.406 e. The summed E-state index contributed by atoms with van der Waals surface area (Å²) in [7, 11) is 0. The average molecular weight is 433 g/mol. The lowest BCUT2D eigenvalue weighted by molar-refractivity contribution is -0.274. The normalized spacial score (nSPS) is 17.8. The molecule has 0 spiro atoms. The Bertz CT molecular complexity index is 1020. The van der Waals surface area contributed by atoms with Crippen molar-refractivity contribution < 1.29 is 32.3 Å². The predicted molar refractivity (Wildman–Crippen MR) is 103 cm³/mol. The van der Waals surface area contributed by atoms with E-state index in [1.165, 1.54) is 12.1 Å². The molecule has 2 aliphatic rings. The van der Waals surface area contributed by atoms with Gasteiger partial charge in [-0.05, 0) is 48.7 Å². The maximum absolute atomic E-state index is 12.8. The molecule has 2 aromatic carbocycles. The van der Waals surface area contributed by atoms with Gasteiger partial charge in [0.05, 0.1) is 6.54 Å². The van der Waals surface area contributed by atoms with Crippen LogP contribution in [0.4, 0.5) is 18.9 Å². The van der Waals surface area contributed by atoms with Crippen LogP contribution in [0, 0.1) is 0 Å². The van der Waals surface area contributed by atoms with Gasteiger partial charge in [-0.3, -0.25) is 14.4 Å². The number of amides is 3. The molecule has 3 amide bonds. The number of carbonyl (C=O) groups excluding carboxylic acids is 3. The van der Waals surface area contributed by atoms with E-state index in [1.807, 2.05) is 0 Å². The molecule has 0 bridgehead atoms. The number of nitrogens with one attached hydrogen (secondary N) is 2. The molecule has 10 heteroatoms. The van der Waals surface area contributed by atoms with E-state index in [9.17, 15) is 27.6 Å². The topological polar surface area (TPSA) is 87.7 Å². The zero-order valence-corrected chi connectivity index (χ0v) is 16.1. The average Bonchev–Trinajstić information content (AvgIpc) is 3.51.